The molecule has 0 bridgehead atoms. The van der Waals surface area contributed by atoms with E-state index in [1.165, 1.54) is 11.0 Å². The van der Waals surface area contributed by atoms with Crippen molar-refractivity contribution in [3.8, 4) is 0 Å². The number of benzene rings is 1. The standard InChI is InChI=1S/C16H21BN2O2/c1-10-8-18(9-10)16(21)15-5-3-12-7-13(17)4-6-14(12)19(15)11(2)20/h4,6-7,10,15H,3,5,8-9,17H2,1-2H3. The summed E-state index contributed by atoms with van der Waals surface area (Å²) in [5.41, 5.74) is 3.27. The van der Waals surface area contributed by atoms with Gasteiger partial charge in [-0.1, -0.05) is 24.5 Å². The Bertz CT molecular complexity index is 596. The maximum Gasteiger partial charge on any atom is 0.245 e. The van der Waals surface area contributed by atoms with Crippen molar-refractivity contribution in [2.75, 3.05) is 18.0 Å². The molecular weight excluding hydrogens is 263 g/mol. The second-order valence-corrected chi connectivity index (χ2v) is 6.42. The van der Waals surface area contributed by atoms with E-state index in [0.717, 1.165) is 31.6 Å². The van der Waals surface area contributed by atoms with Crippen LogP contribution >= 0.6 is 0 Å². The van der Waals surface area contributed by atoms with Gasteiger partial charge in [0.15, 0.2) is 0 Å². The van der Waals surface area contributed by atoms with E-state index in [0.29, 0.717) is 5.92 Å². The lowest BCUT2D eigenvalue weighted by Crippen LogP contribution is -2.58. The molecule has 2 aliphatic heterocycles. The molecule has 0 radical (unpaired) electrons. The van der Waals surface area contributed by atoms with Crippen LogP contribution in [0.25, 0.3) is 0 Å². The van der Waals surface area contributed by atoms with Crippen LogP contribution in [-0.2, 0) is 16.0 Å². The molecule has 21 heavy (non-hydrogen) atoms. The summed E-state index contributed by atoms with van der Waals surface area (Å²) < 4.78 is 0. The summed E-state index contributed by atoms with van der Waals surface area (Å²) in [6.45, 7) is 5.34. The molecule has 0 N–H and O–H groups in total. The van der Waals surface area contributed by atoms with E-state index in [1.807, 2.05) is 17.0 Å². The van der Waals surface area contributed by atoms with Gasteiger partial charge in [0.25, 0.3) is 0 Å². The van der Waals surface area contributed by atoms with Gasteiger partial charge in [-0.05, 0) is 30.4 Å². The lowest BCUT2D eigenvalue weighted by Gasteiger charge is -2.43. The highest BCUT2D eigenvalue weighted by atomic mass is 16.2. The van der Waals surface area contributed by atoms with Crippen LogP contribution in [0.3, 0.4) is 0 Å². The molecule has 2 aliphatic rings. The van der Waals surface area contributed by atoms with Gasteiger partial charge in [0.1, 0.15) is 13.9 Å². The molecule has 0 saturated carbocycles. The predicted octanol–water partition coefficient (Wildman–Crippen LogP) is 0.0910. The number of carbonyl (C=O) groups is 2. The van der Waals surface area contributed by atoms with Crippen LogP contribution in [0, 0.1) is 5.92 Å². The quantitative estimate of drug-likeness (QED) is 0.686. The Labute approximate surface area is 126 Å². The van der Waals surface area contributed by atoms with Gasteiger partial charge in [0.05, 0.1) is 0 Å². The van der Waals surface area contributed by atoms with Crippen LogP contribution in [-0.4, -0.2) is 43.7 Å². The smallest absolute Gasteiger partial charge is 0.245 e. The predicted molar refractivity (Wildman–Crippen MR) is 85.6 cm³/mol. The van der Waals surface area contributed by atoms with E-state index < -0.39 is 0 Å². The van der Waals surface area contributed by atoms with Gasteiger partial charge < -0.3 is 4.90 Å². The normalized spacial score (nSPS) is 21.7. The highest BCUT2D eigenvalue weighted by molar-refractivity contribution is 6.32. The van der Waals surface area contributed by atoms with Gasteiger partial charge in [-0.3, -0.25) is 14.5 Å². The average molecular weight is 284 g/mol. The summed E-state index contributed by atoms with van der Waals surface area (Å²) in [6, 6.07) is 5.78. The van der Waals surface area contributed by atoms with E-state index in [-0.39, 0.29) is 17.9 Å². The van der Waals surface area contributed by atoms with Crippen LogP contribution in [0.5, 0.6) is 0 Å². The van der Waals surface area contributed by atoms with E-state index in [2.05, 4.69) is 20.8 Å². The van der Waals surface area contributed by atoms with E-state index in [1.54, 1.807) is 11.8 Å². The molecule has 0 aliphatic carbocycles. The highest BCUT2D eigenvalue weighted by Crippen LogP contribution is 2.32. The summed E-state index contributed by atoms with van der Waals surface area (Å²) in [7, 11) is 2.05. The molecule has 110 valence electrons. The Morgan fingerprint density at radius 3 is 2.62 bits per heavy atom. The van der Waals surface area contributed by atoms with Crippen LogP contribution < -0.4 is 10.4 Å². The van der Waals surface area contributed by atoms with Crippen molar-refractivity contribution in [2.45, 2.75) is 32.7 Å². The summed E-state index contributed by atoms with van der Waals surface area (Å²) in [6.07, 6.45) is 1.58. The minimum atomic E-state index is -0.329. The lowest BCUT2D eigenvalue weighted by molar-refractivity contribution is -0.140. The average Bonchev–Trinajstić information content (AvgIpc) is 2.41. The van der Waals surface area contributed by atoms with Gasteiger partial charge >= 0.3 is 0 Å². The largest absolute Gasteiger partial charge is 0.340 e. The SMILES string of the molecule is Bc1ccc2c(c1)CCC(C(=O)N1CC(C)C1)N2C(C)=O. The number of nitrogens with zero attached hydrogens (tertiary/aromatic N) is 2. The highest BCUT2D eigenvalue weighted by Gasteiger charge is 2.39. The minimum absolute atomic E-state index is 0.0493. The van der Waals surface area contributed by atoms with Crippen molar-refractivity contribution in [2.24, 2.45) is 5.92 Å². The third-order valence-electron chi connectivity index (χ3n) is 4.49. The Kier molecular flexibility index (Phi) is 3.51. The Morgan fingerprint density at radius 2 is 2.00 bits per heavy atom. The molecule has 1 unspecified atom stereocenters. The fraction of sp³-hybridized carbons (Fsp3) is 0.500. The molecule has 5 heteroatoms. The zero-order valence-corrected chi connectivity index (χ0v) is 12.9. The van der Waals surface area contributed by atoms with E-state index in [9.17, 15) is 9.59 Å². The van der Waals surface area contributed by atoms with Crippen LogP contribution in [0.4, 0.5) is 5.69 Å². The van der Waals surface area contributed by atoms with Crippen LogP contribution in [0.1, 0.15) is 25.8 Å². The van der Waals surface area contributed by atoms with Crippen molar-refractivity contribution < 1.29 is 9.59 Å². The van der Waals surface area contributed by atoms with Crippen molar-refractivity contribution in [1.29, 1.82) is 0 Å². The molecule has 0 aromatic heterocycles. The monoisotopic (exact) mass is 284 g/mol. The summed E-state index contributed by atoms with van der Waals surface area (Å²) in [5, 5.41) is 0. The molecule has 2 heterocycles. The number of aryl methyl sites for hydroxylation is 1. The fourth-order valence-corrected chi connectivity index (χ4v) is 3.45. The molecule has 1 fully saturated rings. The molecule has 1 saturated heterocycles. The third-order valence-corrected chi connectivity index (χ3v) is 4.49. The second kappa shape index (κ2) is 5.21. The number of fused-ring (bicyclic) bond motifs is 1. The van der Waals surface area contributed by atoms with Crippen molar-refractivity contribution in [3.05, 3.63) is 23.8 Å². The first-order valence-corrected chi connectivity index (χ1v) is 7.65. The van der Waals surface area contributed by atoms with E-state index >= 15 is 0 Å². The van der Waals surface area contributed by atoms with E-state index in [4.69, 9.17) is 0 Å². The third kappa shape index (κ3) is 2.45. The van der Waals surface area contributed by atoms with Crippen molar-refractivity contribution in [3.63, 3.8) is 0 Å². The Balaban J connectivity index is 1.90. The number of likely N-dealkylation sites (tertiary alicyclic amines) is 1. The maximum atomic E-state index is 12.6. The molecule has 2 amide bonds. The summed E-state index contributed by atoms with van der Waals surface area (Å²) >= 11 is 0. The first-order chi connectivity index (χ1) is 9.97. The zero-order chi connectivity index (χ0) is 15.1. The number of anilines is 1. The van der Waals surface area contributed by atoms with Gasteiger partial charge in [-0.15, -0.1) is 0 Å². The second-order valence-electron chi connectivity index (χ2n) is 6.42. The molecule has 1 aromatic rings. The van der Waals surface area contributed by atoms with Gasteiger partial charge in [0.2, 0.25) is 11.8 Å². The summed E-state index contributed by atoms with van der Waals surface area (Å²) in [4.78, 5) is 28.3. The molecule has 4 nitrogen and oxygen atoms in total. The topological polar surface area (TPSA) is 40.6 Å². The minimum Gasteiger partial charge on any atom is -0.340 e. The molecule has 1 aromatic carbocycles. The van der Waals surface area contributed by atoms with Gasteiger partial charge in [-0.25, -0.2) is 0 Å². The van der Waals surface area contributed by atoms with Crippen molar-refractivity contribution in [1.82, 2.24) is 4.90 Å². The maximum absolute atomic E-state index is 12.6. The summed E-state index contributed by atoms with van der Waals surface area (Å²) in [5.74, 6) is 0.638. The fourth-order valence-electron chi connectivity index (χ4n) is 3.45. The van der Waals surface area contributed by atoms with Gasteiger partial charge in [0, 0.05) is 25.7 Å². The Hall–Kier alpha value is -1.78. The van der Waals surface area contributed by atoms with Crippen molar-refractivity contribution >= 4 is 30.8 Å². The number of rotatable bonds is 1. The number of hydrogen-bond donors (Lipinski definition) is 0. The number of hydrogen-bond acceptors (Lipinski definition) is 2. The molecule has 3 rings (SSSR count). The number of amides is 2. The first-order valence-electron chi connectivity index (χ1n) is 7.65. The zero-order valence-electron chi connectivity index (χ0n) is 12.9. The van der Waals surface area contributed by atoms with Gasteiger partial charge in [-0.2, -0.15) is 0 Å². The number of carbonyl (C=O) groups excluding carboxylic acids is 2. The van der Waals surface area contributed by atoms with Crippen LogP contribution in [0.2, 0.25) is 0 Å². The molecule has 0 spiro atoms. The Morgan fingerprint density at radius 1 is 1.29 bits per heavy atom. The first kappa shape index (κ1) is 14.2. The van der Waals surface area contributed by atoms with Crippen LogP contribution in [0.15, 0.2) is 18.2 Å². The molecule has 1 atom stereocenters. The lowest BCUT2D eigenvalue weighted by atomic mass is 9.87. The molecular formula is C16H21BN2O2.